The molecule has 1 fully saturated rings. The van der Waals surface area contributed by atoms with Gasteiger partial charge in [-0.25, -0.2) is 4.79 Å². The Morgan fingerprint density at radius 3 is 2.41 bits per heavy atom. The molecule has 4 amide bonds. The van der Waals surface area contributed by atoms with Gasteiger partial charge in [0, 0.05) is 6.04 Å². The summed E-state index contributed by atoms with van der Waals surface area (Å²) < 4.78 is 5.14. The van der Waals surface area contributed by atoms with Gasteiger partial charge >= 0.3 is 6.03 Å². The van der Waals surface area contributed by atoms with E-state index in [2.05, 4.69) is 10.6 Å². The van der Waals surface area contributed by atoms with E-state index in [9.17, 15) is 14.4 Å². The highest BCUT2D eigenvalue weighted by Crippen LogP contribution is 2.24. The van der Waals surface area contributed by atoms with Gasteiger partial charge in [-0.1, -0.05) is 26.0 Å². The lowest BCUT2D eigenvalue weighted by Gasteiger charge is -2.22. The molecule has 7 nitrogen and oxygen atoms in total. The third-order valence-electron chi connectivity index (χ3n) is 5.11. The van der Waals surface area contributed by atoms with Gasteiger partial charge in [-0.3, -0.25) is 14.5 Å². The Morgan fingerprint density at radius 1 is 1.22 bits per heavy atom. The average Bonchev–Trinajstić information content (AvgIpc) is 2.84. The minimum atomic E-state index is -1.01. The summed E-state index contributed by atoms with van der Waals surface area (Å²) in [5.41, 5.74) is 0.0297. The van der Waals surface area contributed by atoms with E-state index >= 15 is 0 Å². The maximum absolute atomic E-state index is 12.8. The summed E-state index contributed by atoms with van der Waals surface area (Å²) in [6, 6.07) is 7.03. The molecule has 1 aromatic carbocycles. The molecule has 7 heteroatoms. The van der Waals surface area contributed by atoms with Gasteiger partial charge in [-0.2, -0.15) is 0 Å². The largest absolute Gasteiger partial charge is 0.497 e. The number of ether oxygens (including phenoxy) is 1. The van der Waals surface area contributed by atoms with Crippen LogP contribution in [0.5, 0.6) is 5.75 Å². The second kappa shape index (κ2) is 8.41. The molecule has 1 aliphatic heterocycles. The van der Waals surface area contributed by atoms with Gasteiger partial charge in [0.05, 0.1) is 7.11 Å². The molecule has 148 valence electrons. The highest BCUT2D eigenvalue weighted by molar-refractivity contribution is 6.08. The molecular weight excluding hydrogens is 346 g/mol. The Bertz CT molecular complexity index is 702. The first-order chi connectivity index (χ1) is 12.7. The number of amides is 4. The monoisotopic (exact) mass is 375 g/mol. The summed E-state index contributed by atoms with van der Waals surface area (Å²) in [6.07, 6.45) is 1.07. The van der Waals surface area contributed by atoms with Gasteiger partial charge in [0.25, 0.3) is 5.91 Å². The molecule has 0 aliphatic carbocycles. The maximum Gasteiger partial charge on any atom is 0.325 e. The highest BCUT2D eigenvalue weighted by Gasteiger charge is 2.47. The van der Waals surface area contributed by atoms with E-state index < -0.39 is 11.6 Å². The van der Waals surface area contributed by atoms with Crippen LogP contribution < -0.4 is 15.4 Å². The molecule has 0 aromatic heterocycles. The number of urea groups is 1. The van der Waals surface area contributed by atoms with E-state index in [1.54, 1.807) is 14.0 Å². The van der Waals surface area contributed by atoms with Crippen LogP contribution in [0.3, 0.4) is 0 Å². The van der Waals surface area contributed by atoms with Crippen LogP contribution >= 0.6 is 0 Å². The zero-order valence-corrected chi connectivity index (χ0v) is 16.7. The van der Waals surface area contributed by atoms with E-state index in [1.165, 1.54) is 0 Å². The number of hydrogen-bond donors (Lipinski definition) is 2. The van der Waals surface area contributed by atoms with Crippen molar-refractivity contribution < 1.29 is 19.1 Å². The number of carbonyl (C=O) groups is 3. The fourth-order valence-electron chi connectivity index (χ4n) is 2.86. The number of rotatable bonds is 8. The second-order valence-corrected chi connectivity index (χ2v) is 7.60. The Hall–Kier alpha value is -2.57. The van der Waals surface area contributed by atoms with Crippen LogP contribution in [0, 0.1) is 5.92 Å². The normalized spacial score (nSPS) is 20.6. The lowest BCUT2D eigenvalue weighted by Crippen LogP contribution is -2.47. The standard InChI is InChI=1S/C20H29N3O4/c1-13(2)14(3)21-17(24)12-23-18(25)20(4,22-19(23)26)11-10-15-6-8-16(27-5)9-7-15/h6-9,13-14H,10-12H2,1-5H3,(H,21,24)(H,22,26)/t14-,20-/m0/s1. The molecule has 0 bridgehead atoms. The van der Waals surface area contributed by atoms with Crippen LogP contribution in [0.25, 0.3) is 0 Å². The predicted octanol–water partition coefficient (Wildman–Crippen LogP) is 2.10. The Kier molecular flexibility index (Phi) is 6.46. The number of methoxy groups -OCH3 is 1. The fraction of sp³-hybridized carbons (Fsp3) is 0.550. The van der Waals surface area contributed by atoms with Gasteiger partial charge in [0.1, 0.15) is 17.8 Å². The number of nitrogens with one attached hydrogen (secondary N) is 2. The third kappa shape index (κ3) is 4.99. The molecule has 1 aromatic rings. The molecule has 27 heavy (non-hydrogen) atoms. The van der Waals surface area contributed by atoms with Crippen LogP contribution in [0.1, 0.15) is 39.7 Å². The van der Waals surface area contributed by atoms with E-state index in [0.717, 1.165) is 16.2 Å². The van der Waals surface area contributed by atoms with Crippen LogP contribution in [0.15, 0.2) is 24.3 Å². The Labute approximate surface area is 160 Å². The number of imide groups is 1. The van der Waals surface area contributed by atoms with Crippen molar-refractivity contribution in [1.82, 2.24) is 15.5 Å². The summed E-state index contributed by atoms with van der Waals surface area (Å²) >= 11 is 0. The summed E-state index contributed by atoms with van der Waals surface area (Å²) in [6.45, 7) is 7.32. The molecule has 2 N–H and O–H groups in total. The van der Waals surface area contributed by atoms with Crippen molar-refractivity contribution in [3.63, 3.8) is 0 Å². The van der Waals surface area contributed by atoms with Crippen molar-refractivity contribution in [3.8, 4) is 5.75 Å². The van der Waals surface area contributed by atoms with Crippen LogP contribution in [0.4, 0.5) is 4.79 Å². The number of carbonyl (C=O) groups excluding carboxylic acids is 3. The molecule has 1 saturated heterocycles. The SMILES string of the molecule is COc1ccc(CC[C@]2(C)NC(=O)N(CC(=O)N[C@@H](C)C(C)C)C2=O)cc1. The fourth-order valence-corrected chi connectivity index (χ4v) is 2.86. The van der Waals surface area contributed by atoms with E-state index in [4.69, 9.17) is 4.74 Å². The smallest absolute Gasteiger partial charge is 0.325 e. The quantitative estimate of drug-likeness (QED) is 0.681. The Balaban J connectivity index is 1.97. The zero-order chi connectivity index (χ0) is 20.2. The Morgan fingerprint density at radius 2 is 1.85 bits per heavy atom. The van der Waals surface area contributed by atoms with Crippen LogP contribution in [-0.4, -0.2) is 48.0 Å². The van der Waals surface area contributed by atoms with Crippen molar-refractivity contribution in [2.24, 2.45) is 5.92 Å². The first-order valence-electron chi connectivity index (χ1n) is 9.22. The molecule has 0 spiro atoms. The van der Waals surface area contributed by atoms with Crippen LogP contribution in [0.2, 0.25) is 0 Å². The van der Waals surface area contributed by atoms with E-state index in [0.29, 0.717) is 12.8 Å². The first kappa shape index (κ1) is 20.7. The molecule has 0 radical (unpaired) electrons. The first-order valence-corrected chi connectivity index (χ1v) is 9.22. The van der Waals surface area contributed by atoms with Crippen molar-refractivity contribution in [3.05, 3.63) is 29.8 Å². The van der Waals surface area contributed by atoms with Crippen molar-refractivity contribution in [1.29, 1.82) is 0 Å². The van der Waals surface area contributed by atoms with E-state index in [-0.39, 0.29) is 30.3 Å². The topological polar surface area (TPSA) is 87.7 Å². The number of aryl methyl sites for hydroxylation is 1. The molecule has 2 rings (SSSR count). The van der Waals surface area contributed by atoms with E-state index in [1.807, 2.05) is 45.0 Å². The summed E-state index contributed by atoms with van der Waals surface area (Å²) in [7, 11) is 1.61. The number of benzene rings is 1. The third-order valence-corrected chi connectivity index (χ3v) is 5.11. The minimum Gasteiger partial charge on any atom is -0.497 e. The van der Waals surface area contributed by atoms with Crippen molar-refractivity contribution >= 4 is 17.8 Å². The maximum atomic E-state index is 12.8. The average molecular weight is 375 g/mol. The van der Waals surface area contributed by atoms with Gasteiger partial charge in [-0.15, -0.1) is 0 Å². The van der Waals surface area contributed by atoms with Crippen molar-refractivity contribution in [2.45, 2.75) is 52.1 Å². The summed E-state index contributed by atoms with van der Waals surface area (Å²) in [4.78, 5) is 38.2. The molecule has 0 saturated carbocycles. The number of hydrogen-bond acceptors (Lipinski definition) is 4. The predicted molar refractivity (Wildman–Crippen MR) is 102 cm³/mol. The molecule has 2 atom stereocenters. The summed E-state index contributed by atoms with van der Waals surface area (Å²) in [5, 5.41) is 5.56. The highest BCUT2D eigenvalue weighted by atomic mass is 16.5. The van der Waals surface area contributed by atoms with Gasteiger partial charge in [-0.05, 0) is 50.3 Å². The van der Waals surface area contributed by atoms with Gasteiger partial charge in [0.15, 0.2) is 0 Å². The molecule has 1 aliphatic rings. The van der Waals surface area contributed by atoms with Crippen molar-refractivity contribution in [2.75, 3.05) is 13.7 Å². The van der Waals surface area contributed by atoms with Gasteiger partial charge < -0.3 is 15.4 Å². The molecular formula is C20H29N3O4. The number of nitrogens with zero attached hydrogens (tertiary/aromatic N) is 1. The van der Waals surface area contributed by atoms with Crippen LogP contribution in [-0.2, 0) is 16.0 Å². The molecule has 1 heterocycles. The lowest BCUT2D eigenvalue weighted by atomic mass is 9.93. The minimum absolute atomic E-state index is 0.0280. The van der Waals surface area contributed by atoms with Gasteiger partial charge in [0.2, 0.25) is 5.91 Å². The lowest BCUT2D eigenvalue weighted by molar-refractivity contribution is -0.135. The summed E-state index contributed by atoms with van der Waals surface area (Å²) in [5.74, 6) is 0.335. The molecule has 0 unspecified atom stereocenters. The zero-order valence-electron chi connectivity index (χ0n) is 16.7. The second-order valence-electron chi connectivity index (χ2n) is 7.60.